The normalized spacial score (nSPS) is 11.9. The second kappa shape index (κ2) is 10.9. The Hall–Kier alpha value is -6.77. The molecule has 0 aliphatic heterocycles. The molecule has 2 heteroatoms. The fourth-order valence-electron chi connectivity index (χ4n) is 8.61. The van der Waals surface area contributed by atoms with Crippen LogP contribution < -0.4 is 0 Å². The molecule has 2 nitrogen and oxygen atoms in total. The number of hydrogen-bond acceptors (Lipinski definition) is 1. The molecule has 0 saturated heterocycles. The largest absolute Gasteiger partial charge is 0.292 e. The molecule has 11 aromatic rings. The lowest BCUT2D eigenvalue weighted by atomic mass is 9.86. The molecule has 51 heavy (non-hydrogen) atoms. The summed E-state index contributed by atoms with van der Waals surface area (Å²) >= 11 is 0. The van der Waals surface area contributed by atoms with Crippen molar-refractivity contribution in [3.05, 3.63) is 182 Å². The third kappa shape index (κ3) is 4.08. The molecule has 0 amide bonds. The number of hydrogen-bond donors (Lipinski definition) is 0. The van der Waals surface area contributed by atoms with Crippen LogP contribution >= 0.6 is 0 Å². The molecule has 0 spiro atoms. The monoisotopic (exact) mass is 646 g/mol. The molecule has 0 N–H and O–H groups in total. The molecular weight excluding hydrogens is 617 g/mol. The van der Waals surface area contributed by atoms with Crippen molar-refractivity contribution >= 4 is 75.7 Å². The Morgan fingerprint density at radius 3 is 1.57 bits per heavy atom. The quantitative estimate of drug-likeness (QED) is 0.175. The highest BCUT2D eigenvalue weighted by Gasteiger charge is 2.20. The molecule has 1 heterocycles. The first-order chi connectivity index (χ1) is 25.3. The van der Waals surface area contributed by atoms with E-state index in [-0.39, 0.29) is 0 Å². The zero-order valence-electron chi connectivity index (χ0n) is 27.7. The van der Waals surface area contributed by atoms with Gasteiger partial charge in [0.2, 0.25) is 0 Å². The van der Waals surface area contributed by atoms with Crippen LogP contribution in [0.5, 0.6) is 0 Å². The average molecular weight is 647 g/mol. The number of nitrogens with zero attached hydrogens (tertiary/aromatic N) is 2. The predicted octanol–water partition coefficient (Wildman–Crippen LogP) is 13.3. The minimum absolute atomic E-state index is 0.940. The van der Waals surface area contributed by atoms with E-state index in [1.807, 2.05) is 0 Å². The van der Waals surface area contributed by atoms with E-state index in [4.69, 9.17) is 4.98 Å². The van der Waals surface area contributed by atoms with Gasteiger partial charge in [-0.3, -0.25) is 4.57 Å². The zero-order valence-corrected chi connectivity index (χ0v) is 27.7. The first-order valence-electron chi connectivity index (χ1n) is 17.6. The van der Waals surface area contributed by atoms with Gasteiger partial charge in [0.1, 0.15) is 5.82 Å². The number of aromatic nitrogens is 2. The van der Waals surface area contributed by atoms with Gasteiger partial charge in [-0.15, -0.1) is 0 Å². The van der Waals surface area contributed by atoms with Crippen LogP contribution in [0.2, 0.25) is 0 Å². The third-order valence-corrected chi connectivity index (χ3v) is 10.8. The van der Waals surface area contributed by atoms with Gasteiger partial charge in [-0.2, -0.15) is 0 Å². The standard InChI is InChI=1S/C49H30N2/c1-2-15-33(16-3-1)51-45-26-9-8-25-44(45)50-49(51)43-30-29-37(34-17-4-5-18-35(34)43)40-23-12-24-42-41-22-11-14-32-28-27-31-13-10-21-38(46(31)47(32)41)36-19-6-7-20-39(36)48(40)42/h1-30H. The third-order valence-electron chi connectivity index (χ3n) is 10.8. The maximum atomic E-state index is 5.26. The first kappa shape index (κ1) is 28.1. The summed E-state index contributed by atoms with van der Waals surface area (Å²) in [5, 5.41) is 15.1. The van der Waals surface area contributed by atoms with Crippen LogP contribution in [-0.4, -0.2) is 9.55 Å². The minimum Gasteiger partial charge on any atom is -0.292 e. The molecule has 1 aromatic heterocycles. The average Bonchev–Trinajstić information content (AvgIpc) is 3.59. The summed E-state index contributed by atoms with van der Waals surface area (Å²) in [6.07, 6.45) is 0. The van der Waals surface area contributed by atoms with Crippen molar-refractivity contribution in [3.63, 3.8) is 0 Å². The summed E-state index contributed by atoms with van der Waals surface area (Å²) in [6.45, 7) is 0. The van der Waals surface area contributed by atoms with E-state index in [0.717, 1.165) is 28.1 Å². The Morgan fingerprint density at radius 2 is 0.824 bits per heavy atom. The Kier molecular flexibility index (Phi) is 5.99. The second-order valence-corrected chi connectivity index (χ2v) is 13.4. The van der Waals surface area contributed by atoms with E-state index in [1.54, 1.807) is 0 Å². The van der Waals surface area contributed by atoms with Crippen LogP contribution in [0, 0.1) is 0 Å². The summed E-state index contributed by atoms with van der Waals surface area (Å²) in [5.41, 5.74) is 6.72. The number of fused-ring (bicyclic) bond motifs is 7. The smallest absolute Gasteiger partial charge is 0.146 e. The lowest BCUT2D eigenvalue weighted by Gasteiger charge is -2.17. The van der Waals surface area contributed by atoms with E-state index in [1.165, 1.54) is 75.8 Å². The van der Waals surface area contributed by atoms with Crippen molar-refractivity contribution in [1.82, 2.24) is 9.55 Å². The van der Waals surface area contributed by atoms with Gasteiger partial charge in [0, 0.05) is 11.3 Å². The number of rotatable bonds is 3. The van der Waals surface area contributed by atoms with Crippen molar-refractivity contribution in [3.8, 4) is 28.2 Å². The molecule has 0 bridgehead atoms. The maximum Gasteiger partial charge on any atom is 0.146 e. The van der Waals surface area contributed by atoms with Crippen molar-refractivity contribution in [2.24, 2.45) is 0 Å². The Bertz CT molecular complexity index is 3190. The van der Waals surface area contributed by atoms with Crippen molar-refractivity contribution in [1.29, 1.82) is 0 Å². The lowest BCUT2D eigenvalue weighted by Crippen LogP contribution is -1.98. The minimum atomic E-state index is 0.940. The summed E-state index contributed by atoms with van der Waals surface area (Å²) in [5.74, 6) is 0.940. The van der Waals surface area contributed by atoms with Crippen LogP contribution in [0.1, 0.15) is 0 Å². The molecule has 11 rings (SSSR count). The summed E-state index contributed by atoms with van der Waals surface area (Å²) < 4.78 is 2.30. The molecule has 0 aliphatic carbocycles. The lowest BCUT2D eigenvalue weighted by molar-refractivity contribution is 1.11. The SMILES string of the molecule is c1ccc(-n2c(-c3ccc(-c4cccc5c6cccc7ccc8cccc(c9ccccc9c45)c8c76)c4ccccc34)nc3ccccc32)cc1. The van der Waals surface area contributed by atoms with Gasteiger partial charge in [0.15, 0.2) is 0 Å². The van der Waals surface area contributed by atoms with E-state index >= 15 is 0 Å². The number of imidazole rings is 1. The van der Waals surface area contributed by atoms with Gasteiger partial charge in [0.05, 0.1) is 11.0 Å². The molecule has 0 atom stereocenters. The van der Waals surface area contributed by atoms with Crippen molar-refractivity contribution < 1.29 is 0 Å². The fourth-order valence-corrected chi connectivity index (χ4v) is 8.61. The summed E-state index contributed by atoms with van der Waals surface area (Å²) in [6, 6.07) is 66.3. The van der Waals surface area contributed by atoms with Gasteiger partial charge in [-0.05, 0) is 106 Å². The molecule has 0 saturated carbocycles. The van der Waals surface area contributed by atoms with E-state index in [0.29, 0.717) is 0 Å². The molecule has 0 radical (unpaired) electrons. The van der Waals surface area contributed by atoms with Crippen LogP contribution in [0.4, 0.5) is 0 Å². The Labute approximate surface area is 294 Å². The molecular formula is C49H30N2. The highest BCUT2D eigenvalue weighted by Crippen LogP contribution is 2.45. The van der Waals surface area contributed by atoms with E-state index in [2.05, 4.69) is 187 Å². The Morgan fingerprint density at radius 1 is 0.314 bits per heavy atom. The highest BCUT2D eigenvalue weighted by molar-refractivity contribution is 6.34. The van der Waals surface area contributed by atoms with Crippen LogP contribution in [0.15, 0.2) is 182 Å². The van der Waals surface area contributed by atoms with Crippen molar-refractivity contribution in [2.45, 2.75) is 0 Å². The summed E-state index contributed by atoms with van der Waals surface area (Å²) in [7, 11) is 0. The van der Waals surface area contributed by atoms with Gasteiger partial charge < -0.3 is 0 Å². The van der Waals surface area contributed by atoms with Crippen molar-refractivity contribution in [2.75, 3.05) is 0 Å². The zero-order chi connectivity index (χ0) is 33.5. The maximum absolute atomic E-state index is 5.26. The van der Waals surface area contributed by atoms with Gasteiger partial charge >= 0.3 is 0 Å². The number of para-hydroxylation sites is 3. The van der Waals surface area contributed by atoms with Gasteiger partial charge in [-0.25, -0.2) is 4.98 Å². The molecule has 10 aromatic carbocycles. The van der Waals surface area contributed by atoms with E-state index in [9.17, 15) is 0 Å². The Balaban J connectivity index is 1.28. The summed E-state index contributed by atoms with van der Waals surface area (Å²) in [4.78, 5) is 5.26. The molecule has 0 fully saturated rings. The van der Waals surface area contributed by atoms with Crippen LogP contribution in [-0.2, 0) is 0 Å². The predicted molar refractivity (Wildman–Crippen MR) is 217 cm³/mol. The fraction of sp³-hybridized carbons (Fsp3) is 0. The molecule has 0 aliphatic rings. The topological polar surface area (TPSA) is 17.8 Å². The van der Waals surface area contributed by atoms with Crippen LogP contribution in [0.3, 0.4) is 0 Å². The van der Waals surface area contributed by atoms with Gasteiger partial charge in [0.25, 0.3) is 0 Å². The van der Waals surface area contributed by atoms with Gasteiger partial charge in [-0.1, -0.05) is 152 Å². The van der Waals surface area contributed by atoms with E-state index < -0.39 is 0 Å². The first-order valence-corrected chi connectivity index (χ1v) is 17.6. The van der Waals surface area contributed by atoms with Crippen LogP contribution in [0.25, 0.3) is 104 Å². The molecule has 236 valence electrons. The highest BCUT2D eigenvalue weighted by atomic mass is 15.1. The second-order valence-electron chi connectivity index (χ2n) is 13.4. The number of benzene rings is 9. The molecule has 0 unspecified atom stereocenters.